The average Bonchev–Trinajstić information content (AvgIpc) is 2.49. The fourth-order valence-electron chi connectivity index (χ4n) is 2.39. The summed E-state index contributed by atoms with van der Waals surface area (Å²) in [6.45, 7) is 0. The van der Waals surface area contributed by atoms with Gasteiger partial charge in [-0.05, 0) is 28.3 Å². The Morgan fingerprint density at radius 1 is 0.526 bits per heavy atom. The van der Waals surface area contributed by atoms with Gasteiger partial charge in [-0.2, -0.15) is 0 Å². The molecule has 0 nitrogen and oxygen atoms in total. The minimum Gasteiger partial charge on any atom is -0.0813 e. The highest BCUT2D eigenvalue weighted by molar-refractivity contribution is 6.35. The van der Waals surface area contributed by atoms with Crippen molar-refractivity contribution in [2.24, 2.45) is 0 Å². The largest absolute Gasteiger partial charge is 0.140 e. The lowest BCUT2D eigenvalue weighted by molar-refractivity contribution is 1.60. The maximum absolute atomic E-state index is 2.26. The molecule has 0 spiro atoms. The van der Waals surface area contributed by atoms with Crippen molar-refractivity contribution in [2.45, 2.75) is 0 Å². The van der Waals surface area contributed by atoms with Crippen LogP contribution in [-0.4, -0.2) is 7.85 Å². The molecular weight excluding hydrogens is 227 g/mol. The predicted octanol–water partition coefficient (Wildman–Crippen LogP) is 3.28. The Labute approximate surface area is 115 Å². The monoisotopic (exact) mass is 242 g/mol. The summed E-state index contributed by atoms with van der Waals surface area (Å²) in [6, 6.07) is 27.8. The van der Waals surface area contributed by atoms with E-state index in [4.69, 9.17) is 0 Å². The molecule has 0 saturated heterocycles. The zero-order valence-corrected chi connectivity index (χ0v) is 11.0. The van der Waals surface area contributed by atoms with Gasteiger partial charge in [-0.15, -0.1) is 0 Å². The van der Waals surface area contributed by atoms with Crippen molar-refractivity contribution < 1.29 is 0 Å². The third-order valence-electron chi connectivity index (χ3n) is 3.43. The van der Waals surface area contributed by atoms with E-state index in [1.165, 1.54) is 27.7 Å². The van der Waals surface area contributed by atoms with Crippen molar-refractivity contribution in [3.8, 4) is 22.3 Å². The first-order valence-electron chi connectivity index (χ1n) is 6.56. The smallest absolute Gasteiger partial charge is 0.0813 e. The molecule has 90 valence electrons. The molecule has 0 fully saturated rings. The van der Waals surface area contributed by atoms with Crippen LogP contribution in [-0.2, 0) is 0 Å². The second kappa shape index (κ2) is 5.15. The highest BCUT2D eigenvalue weighted by atomic mass is 14.1. The lowest BCUT2D eigenvalue weighted by Crippen LogP contribution is -2.05. The van der Waals surface area contributed by atoms with Gasteiger partial charge < -0.3 is 0 Å². The van der Waals surface area contributed by atoms with Crippen LogP contribution >= 0.6 is 0 Å². The summed E-state index contributed by atoms with van der Waals surface area (Å²) in [6.07, 6.45) is 0. The molecule has 0 radical (unpaired) electrons. The van der Waals surface area contributed by atoms with E-state index < -0.39 is 0 Å². The van der Waals surface area contributed by atoms with Crippen LogP contribution in [0.3, 0.4) is 0 Å². The molecule has 0 N–H and O–H groups in total. The van der Waals surface area contributed by atoms with Crippen LogP contribution in [0.15, 0.2) is 78.9 Å². The molecule has 0 aliphatic rings. The lowest BCUT2D eigenvalue weighted by Gasteiger charge is -2.08. The van der Waals surface area contributed by atoms with Crippen molar-refractivity contribution >= 4 is 13.3 Å². The van der Waals surface area contributed by atoms with Crippen LogP contribution in [0.4, 0.5) is 0 Å². The van der Waals surface area contributed by atoms with E-state index in [2.05, 4.69) is 86.7 Å². The molecule has 0 bridgehead atoms. The quantitative estimate of drug-likeness (QED) is 0.605. The molecule has 0 saturated carbocycles. The SMILES string of the molecule is Bc1ccccc1-c1cccc(-c2ccccc2)c1. The van der Waals surface area contributed by atoms with Crippen LogP contribution < -0.4 is 5.46 Å². The van der Waals surface area contributed by atoms with Gasteiger partial charge in [0, 0.05) is 0 Å². The molecule has 0 unspecified atom stereocenters. The first-order chi connectivity index (χ1) is 9.34. The van der Waals surface area contributed by atoms with Gasteiger partial charge in [0.25, 0.3) is 0 Å². The van der Waals surface area contributed by atoms with Gasteiger partial charge in [0.05, 0.1) is 0 Å². The summed E-state index contributed by atoms with van der Waals surface area (Å²) in [5, 5.41) is 0. The van der Waals surface area contributed by atoms with E-state index in [1.807, 2.05) is 0 Å². The second-order valence-electron chi connectivity index (χ2n) is 4.76. The molecule has 0 aromatic heterocycles. The molecule has 3 aromatic carbocycles. The Kier molecular flexibility index (Phi) is 3.20. The van der Waals surface area contributed by atoms with Gasteiger partial charge in [0.1, 0.15) is 7.85 Å². The Morgan fingerprint density at radius 3 is 1.95 bits per heavy atom. The highest BCUT2D eigenvalue weighted by Crippen LogP contribution is 2.25. The number of hydrogen-bond acceptors (Lipinski definition) is 0. The summed E-state index contributed by atoms with van der Waals surface area (Å²) in [4.78, 5) is 0. The zero-order valence-electron chi connectivity index (χ0n) is 11.0. The molecule has 1 heteroatoms. The third kappa shape index (κ3) is 2.46. The van der Waals surface area contributed by atoms with E-state index in [0.717, 1.165) is 0 Å². The van der Waals surface area contributed by atoms with Gasteiger partial charge >= 0.3 is 0 Å². The average molecular weight is 242 g/mol. The van der Waals surface area contributed by atoms with Gasteiger partial charge in [-0.25, -0.2) is 0 Å². The number of rotatable bonds is 2. The Morgan fingerprint density at radius 2 is 1.16 bits per heavy atom. The predicted molar refractivity (Wildman–Crippen MR) is 85.5 cm³/mol. The van der Waals surface area contributed by atoms with Gasteiger partial charge in [-0.3, -0.25) is 0 Å². The number of benzene rings is 3. The summed E-state index contributed by atoms with van der Waals surface area (Å²) in [5.74, 6) is 0. The van der Waals surface area contributed by atoms with E-state index in [0.29, 0.717) is 0 Å². The third-order valence-corrected chi connectivity index (χ3v) is 3.43. The van der Waals surface area contributed by atoms with Crippen molar-refractivity contribution in [1.29, 1.82) is 0 Å². The molecule has 0 atom stereocenters. The van der Waals surface area contributed by atoms with Crippen LogP contribution in [0, 0.1) is 0 Å². The van der Waals surface area contributed by atoms with E-state index in [1.54, 1.807) is 0 Å². The van der Waals surface area contributed by atoms with Crippen molar-refractivity contribution in [2.75, 3.05) is 0 Å². The molecule has 0 aliphatic carbocycles. The molecular formula is C18H15B. The second-order valence-corrected chi connectivity index (χ2v) is 4.76. The Bertz CT molecular complexity index is 687. The van der Waals surface area contributed by atoms with E-state index in [-0.39, 0.29) is 0 Å². The molecule has 19 heavy (non-hydrogen) atoms. The molecule has 0 amide bonds. The minimum atomic E-state index is 1.26. The Hall–Kier alpha value is -2.28. The maximum atomic E-state index is 2.26. The van der Waals surface area contributed by atoms with Gasteiger partial charge in [0.15, 0.2) is 0 Å². The summed E-state index contributed by atoms with van der Waals surface area (Å²) >= 11 is 0. The normalized spacial score (nSPS) is 10.3. The summed E-state index contributed by atoms with van der Waals surface area (Å²) in [5.41, 5.74) is 6.42. The summed E-state index contributed by atoms with van der Waals surface area (Å²) < 4.78 is 0. The number of hydrogen-bond donors (Lipinski definition) is 0. The van der Waals surface area contributed by atoms with Crippen LogP contribution in [0.1, 0.15) is 0 Å². The molecule has 3 rings (SSSR count). The molecule has 0 aliphatic heterocycles. The molecule has 0 heterocycles. The first kappa shape index (κ1) is 11.8. The highest BCUT2D eigenvalue weighted by Gasteiger charge is 2.02. The van der Waals surface area contributed by atoms with Crippen LogP contribution in [0.5, 0.6) is 0 Å². The Balaban J connectivity index is 2.09. The zero-order chi connectivity index (χ0) is 13.1. The lowest BCUT2D eigenvalue weighted by atomic mass is 9.86. The van der Waals surface area contributed by atoms with Crippen LogP contribution in [0.2, 0.25) is 0 Å². The maximum Gasteiger partial charge on any atom is 0.140 e. The van der Waals surface area contributed by atoms with Gasteiger partial charge in [0.2, 0.25) is 0 Å². The minimum absolute atomic E-state index is 1.26. The van der Waals surface area contributed by atoms with Crippen molar-refractivity contribution in [3.63, 3.8) is 0 Å². The molecule has 3 aromatic rings. The fourth-order valence-corrected chi connectivity index (χ4v) is 2.39. The standard InChI is InChI=1S/C18H15B/c19-18-12-5-4-11-17(18)16-10-6-9-15(13-16)14-7-2-1-3-8-14/h1-13H,19H2. The van der Waals surface area contributed by atoms with Gasteiger partial charge in [-0.1, -0.05) is 78.3 Å². The van der Waals surface area contributed by atoms with Crippen LogP contribution in [0.25, 0.3) is 22.3 Å². The van der Waals surface area contributed by atoms with Crippen molar-refractivity contribution in [3.05, 3.63) is 78.9 Å². The van der Waals surface area contributed by atoms with E-state index in [9.17, 15) is 0 Å². The van der Waals surface area contributed by atoms with E-state index >= 15 is 0 Å². The first-order valence-corrected chi connectivity index (χ1v) is 6.56. The van der Waals surface area contributed by atoms with Crippen molar-refractivity contribution in [1.82, 2.24) is 0 Å². The topological polar surface area (TPSA) is 0 Å². The summed E-state index contributed by atoms with van der Waals surface area (Å²) in [7, 11) is 2.16. The fraction of sp³-hybridized carbons (Fsp3) is 0.